The second-order valence-electron chi connectivity index (χ2n) is 7.28. The third-order valence-corrected chi connectivity index (χ3v) is 5.24. The lowest BCUT2D eigenvalue weighted by Crippen LogP contribution is -2.46. The highest BCUT2D eigenvalue weighted by Crippen LogP contribution is 2.31. The molecular weight excluding hydrogens is 381 g/mol. The highest BCUT2D eigenvalue weighted by Gasteiger charge is 2.31. The summed E-state index contributed by atoms with van der Waals surface area (Å²) in [6.07, 6.45) is -2.64. The third-order valence-electron chi connectivity index (χ3n) is 5.24. The first-order valence-electron chi connectivity index (χ1n) is 9.44. The Morgan fingerprint density at radius 3 is 2.52 bits per heavy atom. The van der Waals surface area contributed by atoms with Crippen LogP contribution in [-0.4, -0.2) is 40.5 Å². The lowest BCUT2D eigenvalue weighted by atomic mass is 10.1. The van der Waals surface area contributed by atoms with Crippen molar-refractivity contribution in [1.82, 2.24) is 14.3 Å². The molecule has 0 bridgehead atoms. The summed E-state index contributed by atoms with van der Waals surface area (Å²) < 4.78 is 40.4. The van der Waals surface area contributed by atoms with Crippen LogP contribution in [0.1, 0.15) is 16.8 Å². The molecule has 3 heterocycles. The van der Waals surface area contributed by atoms with Gasteiger partial charge in [-0.2, -0.15) is 13.2 Å². The van der Waals surface area contributed by atoms with Crippen LogP contribution in [-0.2, 0) is 12.7 Å². The number of aryl methyl sites for hydroxylation is 1. The van der Waals surface area contributed by atoms with Gasteiger partial charge in [0.1, 0.15) is 5.65 Å². The van der Waals surface area contributed by atoms with Crippen molar-refractivity contribution in [3.8, 4) is 0 Å². The smallest absolute Gasteiger partial charge is 0.369 e. The molecule has 1 saturated heterocycles. The number of halogens is 3. The number of rotatable bonds is 3. The van der Waals surface area contributed by atoms with E-state index in [0.29, 0.717) is 49.8 Å². The first kappa shape index (κ1) is 19.4. The van der Waals surface area contributed by atoms with Gasteiger partial charge in [0.05, 0.1) is 11.3 Å². The highest BCUT2D eigenvalue weighted by atomic mass is 19.4. The van der Waals surface area contributed by atoms with E-state index in [1.165, 1.54) is 16.5 Å². The zero-order chi connectivity index (χ0) is 20.6. The fourth-order valence-electron chi connectivity index (χ4n) is 3.66. The van der Waals surface area contributed by atoms with E-state index < -0.39 is 11.7 Å². The fraction of sp³-hybridized carbons (Fsp3) is 0.333. The van der Waals surface area contributed by atoms with Crippen LogP contribution in [0.25, 0.3) is 5.65 Å². The third kappa shape index (κ3) is 4.12. The number of nitrogens with zero attached hydrogens (tertiary/aromatic N) is 4. The number of anilines is 1. The topological polar surface area (TPSA) is 40.9 Å². The maximum Gasteiger partial charge on any atom is 0.416 e. The zero-order valence-corrected chi connectivity index (χ0v) is 16.0. The van der Waals surface area contributed by atoms with Gasteiger partial charge in [-0.05, 0) is 36.8 Å². The van der Waals surface area contributed by atoms with Crippen LogP contribution in [0.15, 0.2) is 53.5 Å². The fourth-order valence-corrected chi connectivity index (χ4v) is 3.66. The first-order chi connectivity index (χ1) is 13.8. The van der Waals surface area contributed by atoms with E-state index in [4.69, 9.17) is 0 Å². The monoisotopic (exact) mass is 402 g/mol. The van der Waals surface area contributed by atoms with Crippen molar-refractivity contribution >= 4 is 11.3 Å². The van der Waals surface area contributed by atoms with Crippen LogP contribution in [0.2, 0.25) is 0 Å². The van der Waals surface area contributed by atoms with Gasteiger partial charge in [-0.1, -0.05) is 12.1 Å². The first-order valence-corrected chi connectivity index (χ1v) is 9.44. The molecule has 1 aromatic carbocycles. The number of aromatic nitrogens is 2. The Morgan fingerprint density at radius 2 is 1.79 bits per heavy atom. The van der Waals surface area contributed by atoms with Crippen LogP contribution < -0.4 is 10.5 Å². The standard InChI is InChI=1S/C21H21F3N4O/c1-15-4-3-7-28-19(29)13-17(25-20(15)28)14-26-8-10-27(11-9-26)18-6-2-5-16(12-18)21(22,23)24/h2-7,12-13H,8-11,14H2,1H3. The summed E-state index contributed by atoms with van der Waals surface area (Å²) in [5.74, 6) is 0. The van der Waals surface area contributed by atoms with Gasteiger partial charge in [0, 0.05) is 50.7 Å². The average Bonchev–Trinajstić information content (AvgIpc) is 2.69. The Morgan fingerprint density at radius 1 is 1.03 bits per heavy atom. The van der Waals surface area contributed by atoms with Crippen LogP contribution in [0.5, 0.6) is 0 Å². The molecule has 0 spiro atoms. The average molecular weight is 402 g/mol. The van der Waals surface area contributed by atoms with E-state index in [-0.39, 0.29) is 5.56 Å². The second-order valence-corrected chi connectivity index (χ2v) is 7.28. The molecule has 0 N–H and O–H groups in total. The maximum absolute atomic E-state index is 13.0. The molecule has 0 aliphatic carbocycles. The Bertz CT molecular complexity index is 1090. The van der Waals surface area contributed by atoms with Gasteiger partial charge in [0.15, 0.2) is 0 Å². The van der Waals surface area contributed by atoms with Gasteiger partial charge in [-0.15, -0.1) is 0 Å². The molecule has 29 heavy (non-hydrogen) atoms. The number of hydrogen-bond acceptors (Lipinski definition) is 4. The van der Waals surface area contributed by atoms with Crippen molar-refractivity contribution in [3.63, 3.8) is 0 Å². The number of alkyl halides is 3. The number of hydrogen-bond donors (Lipinski definition) is 0. The van der Waals surface area contributed by atoms with E-state index in [9.17, 15) is 18.0 Å². The Balaban J connectivity index is 1.45. The Hall–Kier alpha value is -2.87. The molecule has 3 aromatic rings. The summed E-state index contributed by atoms with van der Waals surface area (Å²) in [5, 5.41) is 0. The molecule has 1 fully saturated rings. The van der Waals surface area contributed by atoms with E-state index in [1.807, 2.05) is 24.0 Å². The molecule has 1 aliphatic rings. The van der Waals surface area contributed by atoms with E-state index in [0.717, 1.165) is 11.6 Å². The Kier molecular flexibility index (Phi) is 5.04. The zero-order valence-electron chi connectivity index (χ0n) is 16.0. The van der Waals surface area contributed by atoms with Gasteiger partial charge < -0.3 is 4.90 Å². The van der Waals surface area contributed by atoms with Crippen molar-refractivity contribution < 1.29 is 13.2 Å². The minimum absolute atomic E-state index is 0.115. The second kappa shape index (κ2) is 7.51. The summed E-state index contributed by atoms with van der Waals surface area (Å²) in [4.78, 5) is 21.1. The summed E-state index contributed by atoms with van der Waals surface area (Å²) >= 11 is 0. The van der Waals surface area contributed by atoms with E-state index in [1.54, 1.807) is 18.3 Å². The van der Waals surface area contributed by atoms with Crippen molar-refractivity contribution in [2.45, 2.75) is 19.6 Å². The van der Waals surface area contributed by atoms with Crippen LogP contribution in [0.3, 0.4) is 0 Å². The normalized spacial score (nSPS) is 15.8. The quantitative estimate of drug-likeness (QED) is 0.674. The SMILES string of the molecule is Cc1cccn2c(=O)cc(CN3CCN(c4cccc(C(F)(F)F)c4)CC3)nc12. The predicted molar refractivity (Wildman–Crippen MR) is 105 cm³/mol. The molecule has 0 radical (unpaired) electrons. The number of benzene rings is 1. The summed E-state index contributed by atoms with van der Waals surface area (Å²) in [6.45, 7) is 5.06. The summed E-state index contributed by atoms with van der Waals surface area (Å²) in [7, 11) is 0. The number of pyridine rings is 1. The lowest BCUT2D eigenvalue weighted by Gasteiger charge is -2.36. The lowest BCUT2D eigenvalue weighted by molar-refractivity contribution is -0.137. The van der Waals surface area contributed by atoms with Crippen LogP contribution in [0.4, 0.5) is 18.9 Å². The van der Waals surface area contributed by atoms with E-state index >= 15 is 0 Å². The van der Waals surface area contributed by atoms with Crippen LogP contribution >= 0.6 is 0 Å². The Labute approximate surface area is 166 Å². The highest BCUT2D eigenvalue weighted by molar-refractivity contribution is 5.50. The molecule has 152 valence electrons. The van der Waals surface area contributed by atoms with Crippen molar-refractivity contribution in [3.05, 3.63) is 75.8 Å². The van der Waals surface area contributed by atoms with Crippen LogP contribution in [0, 0.1) is 6.92 Å². The predicted octanol–water partition coefficient (Wildman–Crippen LogP) is 3.34. The van der Waals surface area contributed by atoms with Gasteiger partial charge in [0.2, 0.25) is 0 Å². The van der Waals surface area contributed by atoms with Gasteiger partial charge >= 0.3 is 6.18 Å². The summed E-state index contributed by atoms with van der Waals surface area (Å²) in [6, 6.07) is 10.7. The van der Waals surface area contributed by atoms with Crippen molar-refractivity contribution in [2.24, 2.45) is 0 Å². The van der Waals surface area contributed by atoms with Crippen molar-refractivity contribution in [1.29, 1.82) is 0 Å². The molecular formula is C21H21F3N4O. The molecule has 2 aromatic heterocycles. The molecule has 4 rings (SSSR count). The molecule has 1 aliphatic heterocycles. The van der Waals surface area contributed by atoms with Crippen molar-refractivity contribution in [2.75, 3.05) is 31.1 Å². The van der Waals surface area contributed by atoms with E-state index in [2.05, 4.69) is 9.88 Å². The molecule has 5 nitrogen and oxygen atoms in total. The molecule has 0 saturated carbocycles. The number of fused-ring (bicyclic) bond motifs is 1. The van der Waals surface area contributed by atoms with Gasteiger partial charge in [0.25, 0.3) is 5.56 Å². The maximum atomic E-state index is 13.0. The number of piperazine rings is 1. The minimum Gasteiger partial charge on any atom is -0.369 e. The molecule has 0 atom stereocenters. The molecule has 0 unspecified atom stereocenters. The minimum atomic E-state index is -4.34. The van der Waals surface area contributed by atoms with Gasteiger partial charge in [-0.3, -0.25) is 14.1 Å². The van der Waals surface area contributed by atoms with Gasteiger partial charge in [-0.25, -0.2) is 4.98 Å². The molecule has 0 amide bonds. The molecule has 8 heteroatoms. The largest absolute Gasteiger partial charge is 0.416 e. The summed E-state index contributed by atoms with van der Waals surface area (Å²) in [5.41, 5.74) is 2.12.